The van der Waals surface area contributed by atoms with Gasteiger partial charge in [0.05, 0.1) is 6.61 Å². The van der Waals surface area contributed by atoms with Crippen LogP contribution in [0.3, 0.4) is 0 Å². The van der Waals surface area contributed by atoms with Gasteiger partial charge in [-0.25, -0.2) is 0 Å². The Bertz CT molecular complexity index is 397. The van der Waals surface area contributed by atoms with E-state index in [9.17, 15) is 0 Å². The molecule has 112 valence electrons. The highest BCUT2D eigenvalue weighted by molar-refractivity contribution is 5.30. The summed E-state index contributed by atoms with van der Waals surface area (Å²) in [6.07, 6.45) is 1.15. The van der Waals surface area contributed by atoms with Crippen molar-refractivity contribution in [2.45, 2.75) is 19.0 Å². The molecule has 4 nitrogen and oxygen atoms in total. The van der Waals surface area contributed by atoms with E-state index in [1.165, 1.54) is 11.1 Å². The SMILES string of the molecule is COCCN(C)CCNC1CCNCc2ccccc21. The number of fused-ring (bicyclic) bond motifs is 1. The Balaban J connectivity index is 1.83. The third-order valence-corrected chi connectivity index (χ3v) is 3.92. The fraction of sp³-hybridized carbons (Fsp3) is 0.625. The first-order valence-electron chi connectivity index (χ1n) is 7.50. The molecule has 0 aromatic heterocycles. The summed E-state index contributed by atoms with van der Waals surface area (Å²) in [5.41, 5.74) is 2.88. The molecule has 1 aliphatic rings. The predicted molar refractivity (Wildman–Crippen MR) is 82.9 cm³/mol. The summed E-state index contributed by atoms with van der Waals surface area (Å²) in [4.78, 5) is 2.30. The van der Waals surface area contributed by atoms with Crippen LogP contribution in [0.25, 0.3) is 0 Å². The second kappa shape index (κ2) is 8.37. The zero-order valence-electron chi connectivity index (χ0n) is 12.7. The highest BCUT2D eigenvalue weighted by Crippen LogP contribution is 2.23. The first-order valence-corrected chi connectivity index (χ1v) is 7.50. The van der Waals surface area contributed by atoms with E-state index in [2.05, 4.69) is 46.8 Å². The maximum atomic E-state index is 5.10. The van der Waals surface area contributed by atoms with E-state index >= 15 is 0 Å². The summed E-state index contributed by atoms with van der Waals surface area (Å²) >= 11 is 0. The fourth-order valence-electron chi connectivity index (χ4n) is 2.66. The van der Waals surface area contributed by atoms with Gasteiger partial charge in [-0.3, -0.25) is 0 Å². The van der Waals surface area contributed by atoms with Crippen LogP contribution >= 0.6 is 0 Å². The van der Waals surface area contributed by atoms with Crippen molar-refractivity contribution in [3.63, 3.8) is 0 Å². The lowest BCUT2D eigenvalue weighted by molar-refractivity contribution is 0.161. The number of rotatable bonds is 7. The Morgan fingerprint density at radius 1 is 1.35 bits per heavy atom. The Kier molecular flexibility index (Phi) is 6.47. The summed E-state index contributed by atoms with van der Waals surface area (Å²) in [6.45, 7) is 5.91. The van der Waals surface area contributed by atoms with Crippen LogP contribution in [0, 0.1) is 0 Å². The monoisotopic (exact) mass is 277 g/mol. The van der Waals surface area contributed by atoms with Gasteiger partial charge in [0.15, 0.2) is 0 Å². The average molecular weight is 277 g/mol. The maximum Gasteiger partial charge on any atom is 0.0589 e. The maximum absolute atomic E-state index is 5.10. The topological polar surface area (TPSA) is 36.5 Å². The van der Waals surface area contributed by atoms with E-state index in [1.807, 2.05) is 0 Å². The molecule has 2 rings (SSSR count). The number of hydrogen-bond donors (Lipinski definition) is 2. The average Bonchev–Trinajstić information content (AvgIpc) is 2.68. The molecule has 0 amide bonds. The van der Waals surface area contributed by atoms with Gasteiger partial charge in [0, 0.05) is 39.3 Å². The quantitative estimate of drug-likeness (QED) is 0.790. The minimum absolute atomic E-state index is 0.469. The number of benzene rings is 1. The van der Waals surface area contributed by atoms with E-state index in [-0.39, 0.29) is 0 Å². The van der Waals surface area contributed by atoms with E-state index in [0.29, 0.717) is 6.04 Å². The summed E-state index contributed by atoms with van der Waals surface area (Å²) in [5.74, 6) is 0. The molecule has 1 heterocycles. The van der Waals surface area contributed by atoms with Gasteiger partial charge in [0.2, 0.25) is 0 Å². The number of ether oxygens (including phenoxy) is 1. The van der Waals surface area contributed by atoms with Crippen LogP contribution in [0.4, 0.5) is 0 Å². The number of nitrogens with zero attached hydrogens (tertiary/aromatic N) is 1. The molecule has 0 saturated carbocycles. The van der Waals surface area contributed by atoms with Gasteiger partial charge < -0.3 is 20.3 Å². The molecule has 0 spiro atoms. The molecule has 0 bridgehead atoms. The van der Waals surface area contributed by atoms with Gasteiger partial charge in [0.1, 0.15) is 0 Å². The third kappa shape index (κ3) is 4.56. The Morgan fingerprint density at radius 3 is 3.05 bits per heavy atom. The summed E-state index contributed by atoms with van der Waals surface area (Å²) in [5, 5.41) is 7.20. The Morgan fingerprint density at radius 2 is 2.20 bits per heavy atom. The molecule has 0 radical (unpaired) electrons. The van der Waals surface area contributed by atoms with E-state index in [4.69, 9.17) is 4.74 Å². The van der Waals surface area contributed by atoms with Gasteiger partial charge in [0.25, 0.3) is 0 Å². The number of likely N-dealkylation sites (N-methyl/N-ethyl adjacent to an activating group) is 1. The zero-order chi connectivity index (χ0) is 14.2. The van der Waals surface area contributed by atoms with E-state index < -0.39 is 0 Å². The van der Waals surface area contributed by atoms with Crippen molar-refractivity contribution in [3.8, 4) is 0 Å². The lowest BCUT2D eigenvalue weighted by Gasteiger charge is -2.22. The summed E-state index contributed by atoms with van der Waals surface area (Å²) in [6, 6.07) is 9.23. The fourth-order valence-corrected chi connectivity index (χ4v) is 2.66. The first kappa shape index (κ1) is 15.4. The van der Waals surface area contributed by atoms with Gasteiger partial charge >= 0.3 is 0 Å². The molecule has 0 saturated heterocycles. The van der Waals surface area contributed by atoms with Gasteiger partial charge in [-0.15, -0.1) is 0 Å². The Labute approximate surface area is 122 Å². The normalized spacial score (nSPS) is 18.9. The molecule has 0 aliphatic carbocycles. The molecule has 20 heavy (non-hydrogen) atoms. The minimum atomic E-state index is 0.469. The molecule has 1 atom stereocenters. The second-order valence-corrected chi connectivity index (χ2v) is 5.47. The van der Waals surface area contributed by atoms with Crippen molar-refractivity contribution in [2.24, 2.45) is 0 Å². The summed E-state index contributed by atoms with van der Waals surface area (Å²) in [7, 11) is 3.89. The van der Waals surface area contributed by atoms with Crippen molar-refractivity contribution in [3.05, 3.63) is 35.4 Å². The van der Waals surface area contributed by atoms with E-state index in [0.717, 1.165) is 45.8 Å². The van der Waals surface area contributed by atoms with Crippen LogP contribution in [0.5, 0.6) is 0 Å². The van der Waals surface area contributed by atoms with Crippen molar-refractivity contribution in [2.75, 3.05) is 46.9 Å². The number of nitrogens with one attached hydrogen (secondary N) is 2. The van der Waals surface area contributed by atoms with Gasteiger partial charge in [-0.2, -0.15) is 0 Å². The van der Waals surface area contributed by atoms with Gasteiger partial charge in [-0.1, -0.05) is 24.3 Å². The molecule has 0 fully saturated rings. The van der Waals surface area contributed by atoms with Crippen LogP contribution < -0.4 is 10.6 Å². The summed E-state index contributed by atoms with van der Waals surface area (Å²) < 4.78 is 5.10. The van der Waals surface area contributed by atoms with Crippen LogP contribution in [-0.2, 0) is 11.3 Å². The van der Waals surface area contributed by atoms with Crippen molar-refractivity contribution < 1.29 is 4.74 Å². The zero-order valence-corrected chi connectivity index (χ0v) is 12.7. The molecular formula is C16H27N3O. The molecule has 1 aliphatic heterocycles. The number of methoxy groups -OCH3 is 1. The predicted octanol–water partition coefficient (Wildman–Crippen LogP) is 1.39. The molecule has 2 N–H and O–H groups in total. The molecule has 1 aromatic carbocycles. The van der Waals surface area contributed by atoms with E-state index in [1.54, 1.807) is 7.11 Å². The standard InChI is InChI=1S/C16H27N3O/c1-19(11-12-20-2)10-9-18-16-7-8-17-13-14-5-3-4-6-15(14)16/h3-6,16-18H,7-13H2,1-2H3. The van der Waals surface area contributed by atoms with Crippen LogP contribution in [0.2, 0.25) is 0 Å². The highest BCUT2D eigenvalue weighted by Gasteiger charge is 2.17. The highest BCUT2D eigenvalue weighted by atomic mass is 16.5. The molecule has 1 aromatic rings. The van der Waals surface area contributed by atoms with Gasteiger partial charge in [-0.05, 0) is 31.1 Å². The molecule has 4 heteroatoms. The number of hydrogen-bond acceptors (Lipinski definition) is 4. The molecular weight excluding hydrogens is 250 g/mol. The first-order chi connectivity index (χ1) is 9.81. The second-order valence-electron chi connectivity index (χ2n) is 5.47. The lowest BCUT2D eigenvalue weighted by atomic mass is 9.99. The minimum Gasteiger partial charge on any atom is -0.383 e. The lowest BCUT2D eigenvalue weighted by Crippen LogP contribution is -2.33. The van der Waals surface area contributed by atoms with Crippen LogP contribution in [0.1, 0.15) is 23.6 Å². The van der Waals surface area contributed by atoms with Crippen LogP contribution in [-0.4, -0.2) is 51.8 Å². The Hall–Kier alpha value is -0.940. The van der Waals surface area contributed by atoms with Crippen molar-refractivity contribution in [1.82, 2.24) is 15.5 Å². The largest absolute Gasteiger partial charge is 0.383 e. The third-order valence-electron chi connectivity index (χ3n) is 3.92. The molecule has 1 unspecified atom stereocenters. The van der Waals surface area contributed by atoms with Crippen LogP contribution in [0.15, 0.2) is 24.3 Å². The smallest absolute Gasteiger partial charge is 0.0589 e. The van der Waals surface area contributed by atoms with Crippen molar-refractivity contribution >= 4 is 0 Å². The van der Waals surface area contributed by atoms with Crippen molar-refractivity contribution in [1.29, 1.82) is 0 Å².